The van der Waals surface area contributed by atoms with Crippen LogP contribution < -0.4 is 9.64 Å². The minimum atomic E-state index is -1.000. The van der Waals surface area contributed by atoms with Crippen LogP contribution in [0.25, 0.3) is 15.9 Å². The number of benzene rings is 3. The summed E-state index contributed by atoms with van der Waals surface area (Å²) in [7, 11) is 1.65. The second kappa shape index (κ2) is 10.4. The highest BCUT2D eigenvalue weighted by molar-refractivity contribution is 7.22. The van der Waals surface area contributed by atoms with E-state index >= 15 is 0 Å². The first kappa shape index (κ1) is 24.5. The normalized spacial score (nSPS) is 11.1. The summed E-state index contributed by atoms with van der Waals surface area (Å²) in [4.78, 5) is 18.2. The van der Waals surface area contributed by atoms with Crippen molar-refractivity contribution >= 4 is 32.7 Å². The molecule has 0 unspecified atom stereocenters. The number of aryl methyl sites for hydroxylation is 1. The van der Waals surface area contributed by atoms with Gasteiger partial charge in [-0.05, 0) is 60.9 Å². The van der Waals surface area contributed by atoms with Crippen molar-refractivity contribution in [2.24, 2.45) is 0 Å². The van der Waals surface area contributed by atoms with Crippen LogP contribution in [0.1, 0.15) is 27.2 Å². The number of rotatable bonds is 9. The quantitative estimate of drug-likeness (QED) is 0.263. The molecule has 0 aliphatic carbocycles. The highest BCUT2D eigenvalue weighted by atomic mass is 32.1. The minimum Gasteiger partial charge on any atom is -0.497 e. The first-order chi connectivity index (χ1) is 17.9. The number of carboxylic acid groups (broad SMARTS) is 1. The molecule has 3 aromatic carbocycles. The monoisotopic (exact) mass is 516 g/mol. The lowest BCUT2D eigenvalue weighted by Gasteiger charge is -2.22. The highest BCUT2D eigenvalue weighted by Crippen LogP contribution is 2.32. The fraction of sp³-hybridized carbons (Fsp3) is 0.179. The predicted octanol–water partition coefficient (Wildman–Crippen LogP) is 5.89. The molecule has 1 N–H and O–H groups in total. The molecule has 0 aliphatic rings. The van der Waals surface area contributed by atoms with Crippen LogP contribution in [0.15, 0.2) is 72.9 Å². The molecule has 0 atom stereocenters. The maximum Gasteiger partial charge on any atom is 0.339 e. The van der Waals surface area contributed by atoms with Gasteiger partial charge in [-0.1, -0.05) is 41.7 Å². The lowest BCUT2D eigenvalue weighted by atomic mass is 10.1. The molecule has 0 saturated carbocycles. The first-order valence-corrected chi connectivity index (χ1v) is 12.5. The van der Waals surface area contributed by atoms with E-state index in [4.69, 9.17) is 9.72 Å². The summed E-state index contributed by atoms with van der Waals surface area (Å²) < 4.78 is 21.8. The molecule has 2 aromatic heterocycles. The number of methoxy groups -OCH3 is 1. The van der Waals surface area contributed by atoms with Crippen molar-refractivity contribution in [1.82, 2.24) is 14.8 Å². The van der Waals surface area contributed by atoms with E-state index in [0.717, 1.165) is 34.1 Å². The van der Waals surface area contributed by atoms with Crippen molar-refractivity contribution in [3.63, 3.8) is 0 Å². The summed E-state index contributed by atoms with van der Waals surface area (Å²) in [5.41, 5.74) is 4.26. The topological polar surface area (TPSA) is 80.5 Å². The molecular formula is C28H25FN4O3S. The predicted molar refractivity (Wildman–Crippen MR) is 143 cm³/mol. The Morgan fingerprint density at radius 1 is 1.08 bits per heavy atom. The zero-order chi connectivity index (χ0) is 25.9. The summed E-state index contributed by atoms with van der Waals surface area (Å²) in [6.45, 7) is 2.95. The van der Waals surface area contributed by atoms with Crippen LogP contribution in [-0.2, 0) is 13.0 Å². The molecule has 5 aromatic rings. The molecule has 188 valence electrons. The molecule has 5 rings (SSSR count). The number of anilines is 1. The van der Waals surface area contributed by atoms with Gasteiger partial charge < -0.3 is 14.7 Å². The molecule has 0 radical (unpaired) electrons. The van der Waals surface area contributed by atoms with Gasteiger partial charge in [-0.3, -0.25) is 0 Å². The van der Waals surface area contributed by atoms with Gasteiger partial charge in [0.1, 0.15) is 17.1 Å². The Morgan fingerprint density at radius 3 is 2.46 bits per heavy atom. The number of fused-ring (bicyclic) bond motifs is 1. The Hall–Kier alpha value is -4.24. The van der Waals surface area contributed by atoms with Gasteiger partial charge in [0.2, 0.25) is 0 Å². The molecule has 0 spiro atoms. The Balaban J connectivity index is 1.39. The second-order valence-corrected chi connectivity index (χ2v) is 9.63. The number of aromatic nitrogens is 3. The van der Waals surface area contributed by atoms with E-state index in [9.17, 15) is 14.3 Å². The van der Waals surface area contributed by atoms with E-state index < -0.39 is 5.97 Å². The van der Waals surface area contributed by atoms with E-state index in [1.165, 1.54) is 23.6 Å². The maximum atomic E-state index is 14.4. The van der Waals surface area contributed by atoms with Gasteiger partial charge in [-0.2, -0.15) is 5.10 Å². The van der Waals surface area contributed by atoms with Gasteiger partial charge in [-0.15, -0.1) is 0 Å². The van der Waals surface area contributed by atoms with Gasteiger partial charge in [0, 0.05) is 19.3 Å². The lowest BCUT2D eigenvalue weighted by Crippen LogP contribution is -2.25. The van der Waals surface area contributed by atoms with Crippen LogP contribution in [0, 0.1) is 12.7 Å². The van der Waals surface area contributed by atoms with Crippen LogP contribution in [0.4, 0.5) is 9.52 Å². The molecule has 0 amide bonds. The molecule has 0 aliphatic heterocycles. The van der Waals surface area contributed by atoms with Crippen molar-refractivity contribution in [3.8, 4) is 11.4 Å². The molecule has 7 nitrogen and oxygen atoms in total. The van der Waals surface area contributed by atoms with Crippen LogP contribution in [0.2, 0.25) is 0 Å². The molecule has 2 heterocycles. The van der Waals surface area contributed by atoms with Crippen molar-refractivity contribution in [2.45, 2.75) is 19.9 Å². The Morgan fingerprint density at radius 2 is 1.81 bits per heavy atom. The number of hydrogen-bond acceptors (Lipinski definition) is 6. The summed E-state index contributed by atoms with van der Waals surface area (Å²) >= 11 is 1.35. The number of nitrogens with zero attached hydrogens (tertiary/aromatic N) is 4. The molecule has 37 heavy (non-hydrogen) atoms. The number of aromatic carboxylic acids is 1. The lowest BCUT2D eigenvalue weighted by molar-refractivity contribution is 0.0696. The average molecular weight is 517 g/mol. The van der Waals surface area contributed by atoms with Crippen LogP contribution in [0.5, 0.6) is 5.75 Å². The number of ether oxygens (including phenoxy) is 1. The zero-order valence-corrected chi connectivity index (χ0v) is 21.2. The molecule has 0 saturated heterocycles. The average Bonchev–Trinajstić information content (AvgIpc) is 3.52. The highest BCUT2D eigenvalue weighted by Gasteiger charge is 2.16. The third kappa shape index (κ3) is 5.31. The zero-order valence-electron chi connectivity index (χ0n) is 20.4. The Labute approximate surface area is 217 Å². The number of halogens is 1. The van der Waals surface area contributed by atoms with E-state index in [-0.39, 0.29) is 11.4 Å². The molecule has 0 fully saturated rings. The van der Waals surface area contributed by atoms with E-state index in [1.54, 1.807) is 24.8 Å². The number of carboxylic acids is 1. The third-order valence-electron chi connectivity index (χ3n) is 6.16. The second-order valence-electron chi connectivity index (χ2n) is 8.65. The van der Waals surface area contributed by atoms with E-state index in [1.807, 2.05) is 54.6 Å². The van der Waals surface area contributed by atoms with Gasteiger partial charge in [0.15, 0.2) is 5.13 Å². The number of hydrogen-bond donors (Lipinski definition) is 1. The van der Waals surface area contributed by atoms with Gasteiger partial charge >= 0.3 is 5.97 Å². The standard InChI is InChI=1S/C28H25FN4O3S/c1-18-23(27(34)35)17-33(31-18)21-10-6-20(7-11-21)16-32(15-14-19-8-12-22(36-2)13-9-19)28-30-25-5-3-4-24(29)26(25)37-28/h3-13,17H,14-16H2,1-2H3,(H,34,35). The SMILES string of the molecule is COc1ccc(CCN(Cc2ccc(-n3cc(C(=O)O)c(C)n3)cc2)c2nc3cccc(F)c3s2)cc1. The van der Waals surface area contributed by atoms with Crippen molar-refractivity contribution < 1.29 is 19.0 Å². The van der Waals surface area contributed by atoms with Crippen molar-refractivity contribution in [3.05, 3.63) is 101 Å². The van der Waals surface area contributed by atoms with Crippen molar-refractivity contribution in [1.29, 1.82) is 0 Å². The number of thiazole rings is 1. The molecule has 9 heteroatoms. The fourth-order valence-electron chi connectivity index (χ4n) is 4.11. The van der Waals surface area contributed by atoms with Crippen LogP contribution in [-0.4, -0.2) is 39.5 Å². The molecular weight excluding hydrogens is 491 g/mol. The smallest absolute Gasteiger partial charge is 0.339 e. The van der Waals surface area contributed by atoms with Gasteiger partial charge in [0.25, 0.3) is 0 Å². The Kier molecular flexibility index (Phi) is 6.87. The Bertz CT molecular complexity index is 1540. The summed E-state index contributed by atoms with van der Waals surface area (Å²) in [5, 5.41) is 14.4. The largest absolute Gasteiger partial charge is 0.497 e. The van der Waals surface area contributed by atoms with Gasteiger partial charge in [0.05, 0.1) is 28.7 Å². The minimum absolute atomic E-state index is 0.178. The van der Waals surface area contributed by atoms with Crippen molar-refractivity contribution in [2.75, 3.05) is 18.6 Å². The summed E-state index contributed by atoms with van der Waals surface area (Å²) in [6.07, 6.45) is 2.30. The van der Waals surface area contributed by atoms with Crippen LogP contribution >= 0.6 is 11.3 Å². The van der Waals surface area contributed by atoms with Gasteiger partial charge in [-0.25, -0.2) is 18.9 Å². The third-order valence-corrected chi connectivity index (χ3v) is 7.30. The maximum absolute atomic E-state index is 14.4. The fourth-order valence-corrected chi connectivity index (χ4v) is 5.11. The molecule has 0 bridgehead atoms. The van der Waals surface area contributed by atoms with Crippen LogP contribution in [0.3, 0.4) is 0 Å². The first-order valence-electron chi connectivity index (χ1n) is 11.7. The number of carbonyl (C=O) groups is 1. The summed E-state index contributed by atoms with van der Waals surface area (Å²) in [5.74, 6) is -0.457. The van der Waals surface area contributed by atoms with E-state index in [2.05, 4.69) is 10.00 Å². The summed E-state index contributed by atoms with van der Waals surface area (Å²) in [6, 6.07) is 20.7. The van der Waals surface area contributed by atoms with E-state index in [0.29, 0.717) is 29.0 Å².